The molecule has 0 unspecified atom stereocenters. The summed E-state index contributed by atoms with van der Waals surface area (Å²) in [6, 6.07) is 12.9. The minimum absolute atomic E-state index is 0. The van der Waals surface area contributed by atoms with E-state index in [2.05, 4.69) is 44.3 Å². The first-order valence-corrected chi connectivity index (χ1v) is 14.4. The van der Waals surface area contributed by atoms with Crippen LogP contribution in [0, 0.1) is 6.92 Å². The minimum Gasteiger partial charge on any atom is -0.691 e. The zero-order chi connectivity index (χ0) is 28.9. The standard InChI is InChI=1S/C22H18ClN5O9S3.2Na/c1-11-20(23)25-22(40(2,32)33)26-21(11)24-13-7-6-12-8-17(39-37-35-31)18(19(29)16(12)10-13)28-27-14-4-3-5-15(9-14)38-36-34-30;;/h3-10,29-31H,1-2H3,(H,24,25,26);;/q;2*+1/p-2. The maximum absolute atomic E-state index is 12.0. The number of halogens is 1. The molecule has 14 nitrogen and oxygen atoms in total. The van der Waals surface area contributed by atoms with Gasteiger partial charge in [-0.1, -0.05) is 23.7 Å². The Labute approximate surface area is 296 Å². The average Bonchev–Trinajstić information content (AvgIpc) is 2.92. The molecule has 210 valence electrons. The molecule has 0 bridgehead atoms. The number of anilines is 2. The first kappa shape index (κ1) is 37.1. The smallest absolute Gasteiger partial charge is 0.691 e. The third-order valence-electron chi connectivity index (χ3n) is 5.11. The number of fused-ring (bicyclic) bond motifs is 1. The predicted octanol–water partition coefficient (Wildman–Crippen LogP) is -1.67. The molecule has 0 aliphatic heterocycles. The van der Waals surface area contributed by atoms with Crippen molar-refractivity contribution in [1.29, 1.82) is 0 Å². The molecule has 0 saturated heterocycles. The number of aromatic hydroxyl groups is 1. The zero-order valence-electron chi connectivity index (χ0n) is 22.2. The van der Waals surface area contributed by atoms with Crippen LogP contribution in [0.2, 0.25) is 5.15 Å². The van der Waals surface area contributed by atoms with Crippen LogP contribution in [0.1, 0.15) is 5.56 Å². The van der Waals surface area contributed by atoms with Gasteiger partial charge in [0, 0.05) is 27.8 Å². The van der Waals surface area contributed by atoms with E-state index in [0.29, 0.717) is 56.7 Å². The minimum atomic E-state index is -3.74. The van der Waals surface area contributed by atoms with Gasteiger partial charge in [-0.25, -0.2) is 18.4 Å². The molecule has 0 saturated carbocycles. The molecule has 4 aromatic rings. The Morgan fingerprint density at radius 3 is 2.40 bits per heavy atom. The van der Waals surface area contributed by atoms with E-state index in [1.807, 2.05) is 0 Å². The number of hydrogen-bond acceptors (Lipinski definition) is 16. The SMILES string of the molecule is Cc1c(Cl)nc(S(C)(=O)=O)nc1Nc1ccc2cc(SOO[O-])c(N=Nc3cccc(SOO[O-])c3)c(O)c2c1.[Na+].[Na+]. The molecule has 20 heteroatoms. The monoisotopic (exact) mass is 671 g/mol. The molecule has 0 radical (unpaired) electrons. The quantitative estimate of drug-likeness (QED) is 0.0349. The Balaban J connectivity index is 0.00000308. The van der Waals surface area contributed by atoms with Gasteiger partial charge in [-0.05, 0) is 48.7 Å². The second-order valence-electron chi connectivity index (χ2n) is 7.81. The Bertz CT molecular complexity index is 1700. The van der Waals surface area contributed by atoms with Crippen molar-refractivity contribution < 1.29 is 102 Å². The van der Waals surface area contributed by atoms with Crippen molar-refractivity contribution >= 4 is 79.2 Å². The second-order valence-corrected chi connectivity index (χ2v) is 11.6. The summed E-state index contributed by atoms with van der Waals surface area (Å²) < 4.78 is 32.7. The van der Waals surface area contributed by atoms with Gasteiger partial charge in [-0.3, -0.25) is 10.1 Å². The summed E-state index contributed by atoms with van der Waals surface area (Å²) in [5.41, 5.74) is 1.11. The number of benzene rings is 3. The van der Waals surface area contributed by atoms with E-state index in [0.717, 1.165) is 6.26 Å². The van der Waals surface area contributed by atoms with Gasteiger partial charge in [0.2, 0.25) is 15.0 Å². The van der Waals surface area contributed by atoms with Crippen molar-refractivity contribution in [3.05, 3.63) is 59.2 Å². The van der Waals surface area contributed by atoms with E-state index in [4.69, 9.17) is 11.6 Å². The van der Waals surface area contributed by atoms with Crippen LogP contribution in [0.4, 0.5) is 22.9 Å². The van der Waals surface area contributed by atoms with E-state index < -0.39 is 15.0 Å². The molecule has 3 aromatic carbocycles. The summed E-state index contributed by atoms with van der Waals surface area (Å²) in [7, 11) is -3.74. The second kappa shape index (κ2) is 16.8. The van der Waals surface area contributed by atoms with Gasteiger partial charge in [-0.2, -0.15) is 13.8 Å². The molecule has 4 rings (SSSR count). The van der Waals surface area contributed by atoms with Crippen molar-refractivity contribution in [2.45, 2.75) is 21.9 Å². The van der Waals surface area contributed by atoms with Crippen molar-refractivity contribution in [2.24, 2.45) is 10.2 Å². The van der Waals surface area contributed by atoms with Crippen LogP contribution in [0.5, 0.6) is 5.75 Å². The van der Waals surface area contributed by atoms with Crippen LogP contribution in [0.25, 0.3) is 10.8 Å². The summed E-state index contributed by atoms with van der Waals surface area (Å²) in [6.45, 7) is 1.61. The molecule has 0 atom stereocenters. The Morgan fingerprint density at radius 1 is 1.00 bits per heavy atom. The summed E-state index contributed by atoms with van der Waals surface area (Å²) in [4.78, 5) is 8.57. The topological polar surface area (TPSA) is 200 Å². The normalized spacial score (nSPS) is 11.4. The van der Waals surface area contributed by atoms with Gasteiger partial charge in [0.25, 0.3) is 0 Å². The fourth-order valence-corrected chi connectivity index (χ4v) is 4.92. The molecule has 0 fully saturated rings. The first-order valence-electron chi connectivity index (χ1n) is 10.7. The van der Waals surface area contributed by atoms with Crippen LogP contribution in [0.3, 0.4) is 0 Å². The number of phenolic OH excluding ortho intramolecular Hbond substituents is 1. The third kappa shape index (κ3) is 9.45. The van der Waals surface area contributed by atoms with Gasteiger partial charge < -0.3 is 20.9 Å². The Kier molecular flexibility index (Phi) is 14.9. The number of sulfone groups is 1. The van der Waals surface area contributed by atoms with Crippen LogP contribution in [0.15, 0.2) is 73.7 Å². The van der Waals surface area contributed by atoms with Gasteiger partial charge >= 0.3 is 59.1 Å². The van der Waals surface area contributed by atoms with Crippen molar-refractivity contribution in [1.82, 2.24) is 9.97 Å². The fraction of sp³-hybridized carbons (Fsp3) is 0.0909. The van der Waals surface area contributed by atoms with E-state index in [-0.39, 0.29) is 86.4 Å². The van der Waals surface area contributed by atoms with Gasteiger partial charge in [0.1, 0.15) is 16.7 Å². The van der Waals surface area contributed by atoms with Crippen LogP contribution < -0.4 is 74.9 Å². The predicted molar refractivity (Wildman–Crippen MR) is 140 cm³/mol. The third-order valence-corrected chi connectivity index (χ3v) is 7.50. The largest absolute Gasteiger partial charge is 1.00 e. The van der Waals surface area contributed by atoms with E-state index in [9.17, 15) is 24.0 Å². The molecule has 0 aliphatic carbocycles. The van der Waals surface area contributed by atoms with Crippen LogP contribution in [-0.4, -0.2) is 29.7 Å². The van der Waals surface area contributed by atoms with Gasteiger partial charge in [-0.15, -0.1) is 5.11 Å². The zero-order valence-corrected chi connectivity index (χ0v) is 29.4. The molecular weight excluding hydrogens is 656 g/mol. The Hall–Kier alpha value is -1.10. The number of nitrogens with one attached hydrogen (secondary N) is 1. The van der Waals surface area contributed by atoms with Crippen LogP contribution in [-0.2, 0) is 28.6 Å². The summed E-state index contributed by atoms with van der Waals surface area (Å²) in [5, 5.41) is 50.0. The van der Waals surface area contributed by atoms with Gasteiger partial charge in [0.15, 0.2) is 5.75 Å². The first-order chi connectivity index (χ1) is 19.1. The van der Waals surface area contributed by atoms with Gasteiger partial charge in [0.05, 0.1) is 34.7 Å². The molecule has 2 N–H and O–H groups in total. The van der Waals surface area contributed by atoms with E-state index in [1.54, 1.807) is 49.4 Å². The molecular formula is C22H16ClN5Na2O9S3. The van der Waals surface area contributed by atoms with Crippen molar-refractivity contribution in [3.8, 4) is 5.75 Å². The van der Waals surface area contributed by atoms with E-state index in [1.165, 1.54) is 6.07 Å². The van der Waals surface area contributed by atoms with Crippen LogP contribution >= 0.6 is 35.7 Å². The fourth-order valence-electron chi connectivity index (χ4n) is 3.28. The number of azo groups is 1. The Morgan fingerprint density at radius 2 is 1.71 bits per heavy atom. The average molecular weight is 672 g/mol. The molecule has 0 aliphatic rings. The van der Waals surface area contributed by atoms with E-state index >= 15 is 0 Å². The number of aromatic nitrogens is 2. The number of hydrogen-bond donors (Lipinski definition) is 2. The molecule has 1 aromatic heterocycles. The molecule has 0 amide bonds. The number of nitrogens with zero attached hydrogens (tertiary/aromatic N) is 4. The summed E-state index contributed by atoms with van der Waals surface area (Å²) in [5.74, 6) is -0.166. The molecule has 0 spiro atoms. The summed E-state index contributed by atoms with van der Waals surface area (Å²) in [6.07, 6.45) is 0.961. The maximum atomic E-state index is 12.0. The molecule has 42 heavy (non-hydrogen) atoms. The number of phenols is 1. The van der Waals surface area contributed by atoms with Crippen molar-refractivity contribution in [2.75, 3.05) is 11.6 Å². The summed E-state index contributed by atoms with van der Waals surface area (Å²) >= 11 is 7.29. The number of rotatable bonds is 11. The molecule has 1 heterocycles. The van der Waals surface area contributed by atoms with Crippen molar-refractivity contribution in [3.63, 3.8) is 0 Å². The maximum Gasteiger partial charge on any atom is 1.00 e.